The van der Waals surface area contributed by atoms with Crippen LogP contribution in [0.4, 0.5) is 4.79 Å². The number of halogens is 1. The van der Waals surface area contributed by atoms with Crippen LogP contribution in [0.25, 0.3) is 0 Å². The van der Waals surface area contributed by atoms with E-state index >= 15 is 0 Å². The molecular formula is C21H20ClNO4. The van der Waals surface area contributed by atoms with Crippen molar-refractivity contribution in [1.29, 1.82) is 0 Å². The molecular weight excluding hydrogens is 366 g/mol. The number of amides is 1. The van der Waals surface area contributed by atoms with Crippen molar-refractivity contribution in [3.63, 3.8) is 0 Å². The lowest BCUT2D eigenvalue weighted by Gasteiger charge is -2.44. The number of ketones is 1. The van der Waals surface area contributed by atoms with Gasteiger partial charge in [0.05, 0.1) is 12.0 Å². The minimum absolute atomic E-state index is 0.0437. The number of nitrogens with zero attached hydrogens (tertiary/aromatic N) is 1. The molecule has 2 aliphatic heterocycles. The molecule has 1 saturated heterocycles. The molecule has 0 N–H and O–H groups in total. The van der Waals surface area contributed by atoms with Crippen molar-refractivity contribution in [3.05, 3.63) is 58.6 Å². The molecule has 0 aliphatic carbocycles. The third-order valence-corrected chi connectivity index (χ3v) is 5.44. The lowest BCUT2D eigenvalue weighted by atomic mass is 9.82. The van der Waals surface area contributed by atoms with E-state index in [1.54, 1.807) is 29.2 Å². The molecule has 0 bridgehead atoms. The Morgan fingerprint density at radius 3 is 2.59 bits per heavy atom. The molecule has 0 saturated carbocycles. The van der Waals surface area contributed by atoms with Gasteiger partial charge in [0.15, 0.2) is 5.78 Å². The zero-order chi connectivity index (χ0) is 19.0. The van der Waals surface area contributed by atoms with E-state index in [-0.39, 0.29) is 11.9 Å². The van der Waals surface area contributed by atoms with Crippen molar-refractivity contribution in [2.45, 2.75) is 31.8 Å². The van der Waals surface area contributed by atoms with Crippen molar-refractivity contribution in [1.82, 2.24) is 4.90 Å². The van der Waals surface area contributed by atoms with Crippen LogP contribution >= 0.6 is 11.6 Å². The molecule has 6 heteroatoms. The second kappa shape index (κ2) is 6.89. The van der Waals surface area contributed by atoms with Crippen LogP contribution in [0.1, 0.15) is 35.2 Å². The fraction of sp³-hybridized carbons (Fsp3) is 0.333. The molecule has 2 heterocycles. The van der Waals surface area contributed by atoms with E-state index in [1.807, 2.05) is 25.1 Å². The highest BCUT2D eigenvalue weighted by Gasteiger charge is 2.44. The maximum atomic E-state index is 12.7. The topological polar surface area (TPSA) is 55.8 Å². The van der Waals surface area contributed by atoms with Crippen LogP contribution in [-0.2, 0) is 0 Å². The molecule has 4 rings (SSSR count). The van der Waals surface area contributed by atoms with Crippen molar-refractivity contribution < 1.29 is 19.1 Å². The number of likely N-dealkylation sites (tertiary alicyclic amines) is 1. The van der Waals surface area contributed by atoms with Crippen molar-refractivity contribution in [2.24, 2.45) is 0 Å². The van der Waals surface area contributed by atoms with Gasteiger partial charge in [-0.1, -0.05) is 29.8 Å². The predicted octanol–water partition coefficient (Wildman–Crippen LogP) is 4.65. The summed E-state index contributed by atoms with van der Waals surface area (Å²) in [6.45, 7) is 2.87. The normalized spacial score (nSPS) is 18.0. The summed E-state index contributed by atoms with van der Waals surface area (Å²) in [5.74, 6) is 1.19. The monoisotopic (exact) mass is 385 g/mol. The zero-order valence-corrected chi connectivity index (χ0v) is 15.8. The third kappa shape index (κ3) is 3.52. The van der Waals surface area contributed by atoms with Gasteiger partial charge in [-0.3, -0.25) is 4.79 Å². The molecule has 0 atom stereocenters. The Labute approximate surface area is 162 Å². The molecule has 1 spiro atoms. The number of ether oxygens (including phenoxy) is 2. The summed E-state index contributed by atoms with van der Waals surface area (Å²) in [5.41, 5.74) is 0.846. The van der Waals surface area contributed by atoms with Crippen LogP contribution in [0.5, 0.6) is 11.5 Å². The number of hydrogen-bond acceptors (Lipinski definition) is 4. The molecule has 1 amide bonds. The second-order valence-electron chi connectivity index (χ2n) is 7.15. The Morgan fingerprint density at radius 2 is 1.89 bits per heavy atom. The fourth-order valence-electron chi connectivity index (χ4n) is 3.74. The van der Waals surface area contributed by atoms with Gasteiger partial charge in [-0.05, 0) is 36.8 Å². The number of para-hydroxylation sites is 1. The number of fused-ring (bicyclic) bond motifs is 1. The van der Waals surface area contributed by atoms with Gasteiger partial charge in [-0.15, -0.1) is 0 Å². The smallest absolute Gasteiger partial charge is 0.415 e. The summed E-state index contributed by atoms with van der Waals surface area (Å²) >= 11 is 6.08. The summed E-state index contributed by atoms with van der Waals surface area (Å²) in [5, 5.41) is 0.539. The van der Waals surface area contributed by atoms with Gasteiger partial charge < -0.3 is 14.4 Å². The first-order valence-corrected chi connectivity index (χ1v) is 9.38. The van der Waals surface area contributed by atoms with Crippen LogP contribution < -0.4 is 9.47 Å². The van der Waals surface area contributed by atoms with Gasteiger partial charge in [-0.2, -0.15) is 0 Å². The maximum Gasteiger partial charge on any atom is 0.415 e. The second-order valence-corrected chi connectivity index (χ2v) is 7.59. The van der Waals surface area contributed by atoms with Gasteiger partial charge >= 0.3 is 6.09 Å². The van der Waals surface area contributed by atoms with Crippen LogP contribution in [-0.4, -0.2) is 35.5 Å². The van der Waals surface area contributed by atoms with Crippen LogP contribution in [0.3, 0.4) is 0 Å². The first-order chi connectivity index (χ1) is 13.0. The van der Waals surface area contributed by atoms with Gasteiger partial charge in [0.2, 0.25) is 0 Å². The molecule has 140 valence electrons. The molecule has 0 unspecified atom stereocenters. The van der Waals surface area contributed by atoms with Crippen LogP contribution in [0.2, 0.25) is 5.02 Å². The number of Topliss-reactive ketones (excluding diaryl/α,β-unsaturated/α-hetero) is 1. The minimum Gasteiger partial charge on any atom is -0.486 e. The lowest BCUT2D eigenvalue weighted by Crippen LogP contribution is -2.52. The molecule has 5 nitrogen and oxygen atoms in total. The molecule has 2 aliphatic rings. The first-order valence-electron chi connectivity index (χ1n) is 9.00. The highest BCUT2D eigenvalue weighted by atomic mass is 35.5. The molecule has 2 aromatic carbocycles. The van der Waals surface area contributed by atoms with Crippen LogP contribution in [0.15, 0.2) is 42.5 Å². The van der Waals surface area contributed by atoms with Crippen molar-refractivity contribution in [3.8, 4) is 11.5 Å². The molecule has 0 aromatic heterocycles. The van der Waals surface area contributed by atoms with Crippen LogP contribution in [0, 0.1) is 6.92 Å². The standard InChI is InChI=1S/C21H20ClNO4/c1-14-11-15(22)12-17-18(24)13-21(27-19(14)17)7-9-23(10-8-21)20(25)26-16-5-3-2-4-6-16/h2-6,11-12H,7-10,13H2,1H3. The van der Waals surface area contributed by atoms with E-state index in [0.717, 1.165) is 5.56 Å². The summed E-state index contributed by atoms with van der Waals surface area (Å²) in [6, 6.07) is 12.5. The van der Waals surface area contributed by atoms with E-state index in [1.165, 1.54) is 0 Å². The van der Waals surface area contributed by atoms with Gasteiger partial charge in [-0.25, -0.2) is 4.79 Å². The average molecular weight is 386 g/mol. The lowest BCUT2D eigenvalue weighted by molar-refractivity contribution is -0.00489. The Kier molecular flexibility index (Phi) is 4.56. The number of carbonyl (C=O) groups excluding carboxylic acids is 2. The molecule has 27 heavy (non-hydrogen) atoms. The van der Waals surface area contributed by atoms with E-state index < -0.39 is 5.60 Å². The minimum atomic E-state index is -0.563. The fourth-order valence-corrected chi connectivity index (χ4v) is 4.02. The number of aryl methyl sites for hydroxylation is 1. The average Bonchev–Trinajstić information content (AvgIpc) is 2.64. The zero-order valence-electron chi connectivity index (χ0n) is 15.0. The van der Waals surface area contributed by atoms with Crippen molar-refractivity contribution >= 4 is 23.5 Å². The van der Waals surface area contributed by atoms with Gasteiger partial charge in [0.1, 0.15) is 17.1 Å². The van der Waals surface area contributed by atoms with E-state index in [4.69, 9.17) is 21.1 Å². The summed E-state index contributed by atoms with van der Waals surface area (Å²) in [7, 11) is 0. The number of carbonyl (C=O) groups is 2. The number of hydrogen-bond donors (Lipinski definition) is 0. The third-order valence-electron chi connectivity index (χ3n) is 5.22. The Bertz CT molecular complexity index is 889. The summed E-state index contributed by atoms with van der Waals surface area (Å²) < 4.78 is 11.7. The van der Waals surface area contributed by atoms with Gasteiger partial charge in [0, 0.05) is 31.0 Å². The molecule has 2 aromatic rings. The van der Waals surface area contributed by atoms with Crippen molar-refractivity contribution in [2.75, 3.05) is 13.1 Å². The Balaban J connectivity index is 1.46. The van der Waals surface area contributed by atoms with Gasteiger partial charge in [0.25, 0.3) is 0 Å². The van der Waals surface area contributed by atoms with E-state index in [2.05, 4.69) is 0 Å². The van der Waals surface area contributed by atoms with E-state index in [9.17, 15) is 9.59 Å². The van der Waals surface area contributed by atoms with E-state index in [0.29, 0.717) is 54.4 Å². The number of benzene rings is 2. The maximum absolute atomic E-state index is 12.7. The SMILES string of the molecule is Cc1cc(Cl)cc2c1OC1(CCN(C(=O)Oc3ccccc3)CC1)CC2=O. The molecule has 0 radical (unpaired) electrons. The largest absolute Gasteiger partial charge is 0.486 e. The quantitative estimate of drug-likeness (QED) is 0.717. The number of piperidine rings is 1. The predicted molar refractivity (Wildman–Crippen MR) is 102 cm³/mol. The molecule has 1 fully saturated rings. The highest BCUT2D eigenvalue weighted by Crippen LogP contribution is 2.42. The Hall–Kier alpha value is -2.53. The summed E-state index contributed by atoms with van der Waals surface area (Å²) in [6.07, 6.45) is 1.11. The highest BCUT2D eigenvalue weighted by molar-refractivity contribution is 6.31. The Morgan fingerprint density at radius 1 is 1.19 bits per heavy atom. The first kappa shape index (κ1) is 17.9. The number of rotatable bonds is 1. The summed E-state index contributed by atoms with van der Waals surface area (Å²) in [4.78, 5) is 26.7.